The summed E-state index contributed by atoms with van der Waals surface area (Å²) in [5, 5.41) is 3.47. The maximum Gasteiger partial charge on any atom is 0.121 e. The predicted octanol–water partition coefficient (Wildman–Crippen LogP) is 12.8. The summed E-state index contributed by atoms with van der Waals surface area (Å²) in [6.07, 6.45) is 3.71. The van der Waals surface area contributed by atoms with Crippen molar-refractivity contribution in [2.75, 3.05) is 0 Å². The van der Waals surface area contributed by atoms with Gasteiger partial charge in [-0.05, 0) is 65.1 Å². The number of nitrogens with zero attached hydrogens (tertiary/aromatic N) is 2. The Morgan fingerprint density at radius 1 is 0.759 bits per heavy atom. The molecule has 3 aromatic heterocycles. The van der Waals surface area contributed by atoms with E-state index in [4.69, 9.17) is 5.79 Å². The Hall–Kier alpha value is -5.00. The average Bonchev–Trinajstić information content (AvgIpc) is 3.54. The number of aromatic nitrogens is 2. The summed E-state index contributed by atoms with van der Waals surface area (Å²) in [5.74, 6) is -0.964. The Bertz CT molecular complexity index is 2590. The quantitative estimate of drug-likeness (QED) is 0.123. The molecule has 0 saturated carbocycles. The number of halogens is 1. The van der Waals surface area contributed by atoms with Crippen LogP contribution in [-0.2, 0) is 20.1 Å². The molecular weight excluding hydrogens is 860 g/mol. The van der Waals surface area contributed by atoms with Crippen LogP contribution < -0.4 is 5.19 Å². The summed E-state index contributed by atoms with van der Waals surface area (Å²) < 4.78 is 28.9. The van der Waals surface area contributed by atoms with Crippen LogP contribution in [0.2, 0.25) is 19.6 Å². The van der Waals surface area contributed by atoms with Gasteiger partial charge in [0, 0.05) is 45.1 Å². The molecule has 0 amide bonds. The Labute approximate surface area is 334 Å². The van der Waals surface area contributed by atoms with Gasteiger partial charge in [-0.2, -0.15) is 0 Å². The molecule has 0 saturated heterocycles. The standard InChI is InChI=1S/C28H24NO.C20H19FNSi.Ir/c1-17(2)20-11-12-29-25(16-20)23-8-5-9-24-27-22(7-6-10-26(27)30-28(23)24)21-14-18(3)13-19(4)15-21;1-23(2,3)17-10-12-20(22-14-17)16-9-11-19(21)18(13-16)15-7-5-4-6-8-15;/h5-7,9-17H,1-4H3;4-8,10-14H,1-3H3;/q2*-1;/i17D;;. The smallest absolute Gasteiger partial charge is 0.121 e. The van der Waals surface area contributed by atoms with Gasteiger partial charge < -0.3 is 14.4 Å². The minimum absolute atomic E-state index is 0. The van der Waals surface area contributed by atoms with Crippen molar-refractivity contribution in [2.24, 2.45) is 0 Å². The average molecular weight is 904 g/mol. The second-order valence-corrected chi connectivity index (χ2v) is 19.9. The van der Waals surface area contributed by atoms with Crippen LogP contribution in [0.3, 0.4) is 0 Å². The van der Waals surface area contributed by atoms with E-state index in [-0.39, 0.29) is 25.9 Å². The predicted molar refractivity (Wildman–Crippen MR) is 222 cm³/mol. The largest absolute Gasteiger partial charge is 0.501 e. The number of hydrogen-bond donors (Lipinski definition) is 0. The number of rotatable bonds is 6. The topological polar surface area (TPSA) is 38.9 Å². The first kappa shape index (κ1) is 37.3. The van der Waals surface area contributed by atoms with Crippen molar-refractivity contribution in [1.82, 2.24) is 9.97 Å². The molecule has 0 aliphatic rings. The molecule has 6 heteroatoms. The summed E-state index contributed by atoms with van der Waals surface area (Å²) in [6.45, 7) is 14.9. The van der Waals surface area contributed by atoms with Gasteiger partial charge in [-0.15, -0.1) is 42.0 Å². The molecule has 3 nitrogen and oxygen atoms in total. The number of aryl methyl sites for hydroxylation is 2. The summed E-state index contributed by atoms with van der Waals surface area (Å²) in [5.41, 5.74) is 12.1. The van der Waals surface area contributed by atoms with Crippen LogP contribution in [0.5, 0.6) is 0 Å². The third kappa shape index (κ3) is 8.22. The van der Waals surface area contributed by atoms with Crippen LogP contribution >= 0.6 is 0 Å². The zero-order valence-corrected chi connectivity index (χ0v) is 35.0. The minimum Gasteiger partial charge on any atom is -0.501 e. The van der Waals surface area contributed by atoms with Crippen LogP contribution in [0.15, 0.2) is 132 Å². The van der Waals surface area contributed by atoms with Crippen LogP contribution in [0.1, 0.15) is 37.8 Å². The molecule has 0 fully saturated rings. The molecule has 5 aromatic carbocycles. The summed E-state index contributed by atoms with van der Waals surface area (Å²) in [6, 6.07) is 43.9. The summed E-state index contributed by atoms with van der Waals surface area (Å²) in [4.78, 5) is 9.13. The second kappa shape index (κ2) is 16.2. The van der Waals surface area contributed by atoms with E-state index in [9.17, 15) is 4.39 Å². The van der Waals surface area contributed by atoms with E-state index in [1.807, 2.05) is 92.8 Å². The van der Waals surface area contributed by atoms with Gasteiger partial charge >= 0.3 is 0 Å². The van der Waals surface area contributed by atoms with E-state index in [1.165, 1.54) is 27.9 Å². The van der Waals surface area contributed by atoms with Crippen LogP contribution in [0.25, 0.3) is 66.7 Å². The van der Waals surface area contributed by atoms with Crippen molar-refractivity contribution in [1.29, 1.82) is 0 Å². The number of pyridine rings is 2. The molecule has 273 valence electrons. The van der Waals surface area contributed by atoms with E-state index in [1.54, 1.807) is 6.20 Å². The van der Waals surface area contributed by atoms with Gasteiger partial charge in [0.25, 0.3) is 0 Å². The van der Waals surface area contributed by atoms with Crippen molar-refractivity contribution >= 4 is 35.2 Å². The first-order valence-electron chi connectivity index (χ1n) is 18.4. The summed E-state index contributed by atoms with van der Waals surface area (Å²) >= 11 is 0. The molecule has 0 bridgehead atoms. The van der Waals surface area contributed by atoms with Gasteiger partial charge in [0.15, 0.2) is 0 Å². The van der Waals surface area contributed by atoms with E-state index in [2.05, 4.69) is 92.0 Å². The Morgan fingerprint density at radius 2 is 1.52 bits per heavy atom. The van der Waals surface area contributed by atoms with E-state index in [0.29, 0.717) is 5.56 Å². The van der Waals surface area contributed by atoms with E-state index < -0.39 is 14.0 Å². The first-order valence-corrected chi connectivity index (χ1v) is 21.4. The number of benzene rings is 5. The SMILES string of the molecule is C[Si](C)(C)c1ccc(-c2[c-]cc(F)c(-c3ccccc3)c2)nc1.[2H]C(C)(C)c1ccnc(-c2[c-]ccc3c2oc2cccc(-c4cc(C)cc(C)c4)c23)c1.[Ir]. The first-order chi connectivity index (χ1) is 25.8. The summed E-state index contributed by atoms with van der Waals surface area (Å²) in [7, 11) is -1.36. The minimum atomic E-state index is -1.36. The van der Waals surface area contributed by atoms with Crippen molar-refractivity contribution in [3.63, 3.8) is 0 Å². The van der Waals surface area contributed by atoms with Gasteiger partial charge in [0.05, 0.1) is 13.7 Å². The van der Waals surface area contributed by atoms with Crippen LogP contribution in [0, 0.1) is 31.8 Å². The number of furan rings is 1. The maximum absolute atomic E-state index is 14.1. The van der Waals surface area contributed by atoms with Gasteiger partial charge in [-0.1, -0.05) is 146 Å². The van der Waals surface area contributed by atoms with Crippen molar-refractivity contribution in [3.8, 4) is 44.8 Å². The third-order valence-corrected chi connectivity index (χ3v) is 11.5. The van der Waals surface area contributed by atoms with Gasteiger partial charge in [0.2, 0.25) is 0 Å². The molecule has 0 spiro atoms. The molecule has 0 atom stereocenters. The molecule has 0 N–H and O–H groups in total. The normalized spacial score (nSPS) is 11.8. The molecule has 0 aliphatic carbocycles. The molecule has 0 aliphatic heterocycles. The zero-order chi connectivity index (χ0) is 38.2. The van der Waals surface area contributed by atoms with Gasteiger partial charge in [-0.3, -0.25) is 4.39 Å². The fourth-order valence-electron chi connectivity index (χ4n) is 6.69. The maximum atomic E-state index is 14.1. The van der Waals surface area contributed by atoms with Crippen molar-refractivity contribution in [3.05, 3.63) is 162 Å². The third-order valence-electron chi connectivity index (χ3n) is 9.47. The fraction of sp³-hybridized carbons (Fsp3) is 0.167. The fourth-order valence-corrected chi connectivity index (χ4v) is 7.72. The zero-order valence-electron chi connectivity index (χ0n) is 32.6. The molecule has 8 rings (SSSR count). The van der Waals surface area contributed by atoms with Crippen molar-refractivity contribution < 1.29 is 30.3 Å². The number of fused-ring (bicyclic) bond motifs is 3. The Morgan fingerprint density at radius 3 is 2.20 bits per heavy atom. The monoisotopic (exact) mass is 904 g/mol. The molecular formula is C48H43FIrN2OSi-2. The van der Waals surface area contributed by atoms with Crippen LogP contribution in [-0.4, -0.2) is 18.0 Å². The van der Waals surface area contributed by atoms with Crippen LogP contribution in [0.4, 0.5) is 4.39 Å². The molecule has 3 heterocycles. The van der Waals surface area contributed by atoms with Crippen molar-refractivity contribution in [2.45, 2.75) is 53.2 Å². The van der Waals surface area contributed by atoms with Gasteiger partial charge in [0.1, 0.15) is 5.58 Å². The Kier molecular flexibility index (Phi) is 11.2. The van der Waals surface area contributed by atoms with Gasteiger partial charge in [-0.25, -0.2) is 0 Å². The Balaban J connectivity index is 0.000000192. The molecule has 8 aromatic rings. The second-order valence-electron chi connectivity index (χ2n) is 14.8. The molecule has 1 radical (unpaired) electrons. The van der Waals surface area contributed by atoms with E-state index in [0.717, 1.165) is 61.1 Å². The molecule has 0 unspecified atom stereocenters. The number of hydrogen-bond acceptors (Lipinski definition) is 3. The van der Waals surface area contributed by atoms with E-state index >= 15 is 0 Å². The molecule has 54 heavy (non-hydrogen) atoms.